The van der Waals surface area contributed by atoms with Crippen molar-refractivity contribution >= 4 is 11.6 Å². The van der Waals surface area contributed by atoms with Crippen LogP contribution < -0.4 is 5.32 Å². The molecule has 0 aromatic carbocycles. The number of rotatable bonds is 6. The average molecular weight is 231 g/mol. The molecule has 1 N–H and O–H groups in total. The Kier molecular flexibility index (Phi) is 6.30. The van der Waals surface area contributed by atoms with Crippen molar-refractivity contribution in [3.05, 3.63) is 11.6 Å². The molecule has 1 heterocycles. The molecule has 0 aromatic heterocycles. The predicted octanol–water partition coefficient (Wildman–Crippen LogP) is 2.59. The fourth-order valence-corrected chi connectivity index (χ4v) is 2.32. The summed E-state index contributed by atoms with van der Waals surface area (Å²) in [6.07, 6.45) is 5.15. The minimum atomic E-state index is 0.654. The lowest BCUT2D eigenvalue weighted by Gasteiger charge is -2.35. The van der Waals surface area contributed by atoms with E-state index in [1.807, 2.05) is 0 Å². The van der Waals surface area contributed by atoms with Crippen LogP contribution in [0.1, 0.15) is 32.6 Å². The first-order valence-electron chi connectivity index (χ1n) is 6.02. The lowest BCUT2D eigenvalue weighted by atomic mass is 10.0. The van der Waals surface area contributed by atoms with Crippen molar-refractivity contribution < 1.29 is 0 Å². The Morgan fingerprint density at radius 1 is 1.53 bits per heavy atom. The summed E-state index contributed by atoms with van der Waals surface area (Å²) >= 11 is 5.88. The van der Waals surface area contributed by atoms with Gasteiger partial charge in [-0.15, -0.1) is 0 Å². The van der Waals surface area contributed by atoms with E-state index in [9.17, 15) is 0 Å². The number of halogens is 1. The molecule has 1 unspecified atom stereocenters. The molecule has 3 heteroatoms. The van der Waals surface area contributed by atoms with E-state index < -0.39 is 0 Å². The molecule has 0 aliphatic carbocycles. The molecule has 0 aromatic rings. The Morgan fingerprint density at radius 2 is 2.33 bits per heavy atom. The first kappa shape index (κ1) is 13.0. The van der Waals surface area contributed by atoms with Crippen LogP contribution in [0.5, 0.6) is 0 Å². The first-order chi connectivity index (χ1) is 7.24. The van der Waals surface area contributed by atoms with Gasteiger partial charge in [0.25, 0.3) is 0 Å². The highest BCUT2D eigenvalue weighted by molar-refractivity contribution is 6.29. The van der Waals surface area contributed by atoms with Crippen LogP contribution in [0.25, 0.3) is 0 Å². The summed E-state index contributed by atoms with van der Waals surface area (Å²) in [5.41, 5.74) is 0. The maximum absolute atomic E-state index is 5.88. The van der Waals surface area contributed by atoms with Gasteiger partial charge in [-0.05, 0) is 32.4 Å². The smallest absolute Gasteiger partial charge is 0.0339 e. The molecule has 1 aliphatic rings. The van der Waals surface area contributed by atoms with Gasteiger partial charge in [-0.2, -0.15) is 0 Å². The van der Waals surface area contributed by atoms with Gasteiger partial charge in [-0.1, -0.05) is 31.5 Å². The lowest BCUT2D eigenvalue weighted by molar-refractivity contribution is 0.161. The number of nitrogens with zero attached hydrogens (tertiary/aromatic N) is 1. The molecule has 0 spiro atoms. The number of nitrogens with one attached hydrogen (secondary N) is 1. The fraction of sp³-hybridized carbons (Fsp3) is 0.833. The van der Waals surface area contributed by atoms with Crippen molar-refractivity contribution in [1.82, 2.24) is 10.2 Å². The number of hydrogen-bond acceptors (Lipinski definition) is 2. The van der Waals surface area contributed by atoms with Crippen molar-refractivity contribution in [1.29, 1.82) is 0 Å². The number of piperidine rings is 1. The summed E-state index contributed by atoms with van der Waals surface area (Å²) in [4.78, 5) is 2.46. The second-order valence-corrected chi connectivity index (χ2v) is 4.88. The maximum atomic E-state index is 5.88. The third kappa shape index (κ3) is 5.01. The summed E-state index contributed by atoms with van der Waals surface area (Å²) in [7, 11) is 0. The van der Waals surface area contributed by atoms with Crippen LogP contribution in [0.3, 0.4) is 0 Å². The predicted molar refractivity (Wildman–Crippen MR) is 67.4 cm³/mol. The Hall–Kier alpha value is -0.0500. The van der Waals surface area contributed by atoms with Gasteiger partial charge in [0.15, 0.2) is 0 Å². The third-order valence-corrected chi connectivity index (χ3v) is 3.05. The second kappa shape index (κ2) is 7.26. The summed E-state index contributed by atoms with van der Waals surface area (Å²) in [5.74, 6) is 0. The van der Waals surface area contributed by atoms with Gasteiger partial charge in [0, 0.05) is 24.2 Å². The maximum Gasteiger partial charge on any atom is 0.0339 e. The van der Waals surface area contributed by atoms with Gasteiger partial charge in [-0.3, -0.25) is 4.90 Å². The average Bonchev–Trinajstić information content (AvgIpc) is 2.20. The van der Waals surface area contributed by atoms with Gasteiger partial charge in [0.2, 0.25) is 0 Å². The first-order valence-corrected chi connectivity index (χ1v) is 6.40. The molecular formula is C12H23ClN2. The molecule has 0 bridgehead atoms. The molecular weight excluding hydrogens is 208 g/mol. The van der Waals surface area contributed by atoms with Crippen molar-refractivity contribution in [3.63, 3.8) is 0 Å². The molecule has 1 saturated heterocycles. The Balaban J connectivity index is 2.32. The Bertz CT molecular complexity index is 194. The zero-order chi connectivity index (χ0) is 11.1. The fourth-order valence-electron chi connectivity index (χ4n) is 2.17. The van der Waals surface area contributed by atoms with E-state index in [2.05, 4.69) is 23.7 Å². The van der Waals surface area contributed by atoms with E-state index in [0.717, 1.165) is 24.7 Å². The van der Waals surface area contributed by atoms with Crippen LogP contribution in [0.4, 0.5) is 0 Å². The monoisotopic (exact) mass is 230 g/mol. The lowest BCUT2D eigenvalue weighted by Crippen LogP contribution is -2.46. The molecule has 2 nitrogen and oxygen atoms in total. The summed E-state index contributed by atoms with van der Waals surface area (Å²) < 4.78 is 0. The second-order valence-electron chi connectivity index (χ2n) is 4.34. The third-order valence-electron chi connectivity index (χ3n) is 2.93. The van der Waals surface area contributed by atoms with Gasteiger partial charge in [0.05, 0.1) is 0 Å². The minimum Gasteiger partial charge on any atom is -0.315 e. The summed E-state index contributed by atoms with van der Waals surface area (Å²) in [6.45, 7) is 10.2. The van der Waals surface area contributed by atoms with Crippen molar-refractivity contribution in [2.24, 2.45) is 0 Å². The van der Waals surface area contributed by atoms with E-state index in [4.69, 9.17) is 11.6 Å². The van der Waals surface area contributed by atoms with Gasteiger partial charge < -0.3 is 5.32 Å². The summed E-state index contributed by atoms with van der Waals surface area (Å²) in [6, 6.07) is 0.654. The van der Waals surface area contributed by atoms with E-state index >= 15 is 0 Å². The molecule has 1 atom stereocenters. The van der Waals surface area contributed by atoms with E-state index in [1.54, 1.807) is 0 Å². The highest BCUT2D eigenvalue weighted by Gasteiger charge is 2.21. The highest BCUT2D eigenvalue weighted by atomic mass is 35.5. The normalized spacial score (nSPS) is 22.9. The van der Waals surface area contributed by atoms with Gasteiger partial charge >= 0.3 is 0 Å². The SMILES string of the molecule is C=C(Cl)CN1CCCCC1CNCCC. The van der Waals surface area contributed by atoms with Gasteiger partial charge in [-0.25, -0.2) is 0 Å². The molecule has 1 rings (SSSR count). The molecule has 0 saturated carbocycles. The molecule has 1 fully saturated rings. The quantitative estimate of drug-likeness (QED) is 0.706. The molecule has 1 aliphatic heterocycles. The zero-order valence-electron chi connectivity index (χ0n) is 9.77. The highest BCUT2D eigenvalue weighted by Crippen LogP contribution is 2.18. The van der Waals surface area contributed by atoms with Crippen molar-refractivity contribution in [3.8, 4) is 0 Å². The van der Waals surface area contributed by atoms with Crippen LogP contribution in [0.15, 0.2) is 11.6 Å². The molecule has 88 valence electrons. The Labute approximate surface area is 98.7 Å². The van der Waals surface area contributed by atoms with Crippen LogP contribution in [0.2, 0.25) is 0 Å². The van der Waals surface area contributed by atoms with Crippen molar-refractivity contribution in [2.45, 2.75) is 38.6 Å². The topological polar surface area (TPSA) is 15.3 Å². The van der Waals surface area contributed by atoms with Crippen LogP contribution >= 0.6 is 11.6 Å². The van der Waals surface area contributed by atoms with E-state index in [1.165, 1.54) is 32.2 Å². The van der Waals surface area contributed by atoms with Gasteiger partial charge in [0.1, 0.15) is 0 Å². The zero-order valence-corrected chi connectivity index (χ0v) is 10.5. The Morgan fingerprint density at radius 3 is 3.00 bits per heavy atom. The van der Waals surface area contributed by atoms with Crippen LogP contribution in [0, 0.1) is 0 Å². The summed E-state index contributed by atoms with van der Waals surface area (Å²) in [5, 5.41) is 4.26. The van der Waals surface area contributed by atoms with E-state index in [-0.39, 0.29) is 0 Å². The number of hydrogen-bond donors (Lipinski definition) is 1. The van der Waals surface area contributed by atoms with Crippen LogP contribution in [-0.2, 0) is 0 Å². The van der Waals surface area contributed by atoms with Crippen LogP contribution in [-0.4, -0.2) is 37.1 Å². The molecule has 15 heavy (non-hydrogen) atoms. The molecule has 0 radical (unpaired) electrons. The van der Waals surface area contributed by atoms with Crippen molar-refractivity contribution in [2.75, 3.05) is 26.2 Å². The van der Waals surface area contributed by atoms with E-state index in [0.29, 0.717) is 6.04 Å². The molecule has 0 amide bonds. The number of likely N-dealkylation sites (tertiary alicyclic amines) is 1. The largest absolute Gasteiger partial charge is 0.315 e. The standard InChI is InChI=1S/C12H23ClN2/c1-3-7-14-9-12-6-4-5-8-15(12)10-11(2)13/h12,14H,2-10H2,1H3. The minimum absolute atomic E-state index is 0.654.